The summed E-state index contributed by atoms with van der Waals surface area (Å²) in [5.41, 5.74) is 0.648. The Bertz CT molecular complexity index is 1010. The average molecular weight is 446 g/mol. The van der Waals surface area contributed by atoms with Gasteiger partial charge in [0, 0.05) is 44.8 Å². The molecule has 1 amide bonds. The maximum absolute atomic E-state index is 14.0. The van der Waals surface area contributed by atoms with Crippen LogP contribution in [0.5, 0.6) is 0 Å². The summed E-state index contributed by atoms with van der Waals surface area (Å²) in [6.45, 7) is 3.35. The van der Waals surface area contributed by atoms with Crippen molar-refractivity contribution in [2.24, 2.45) is 5.92 Å². The zero-order chi connectivity index (χ0) is 21.8. The van der Waals surface area contributed by atoms with Gasteiger partial charge in [0.05, 0.1) is 10.8 Å². The van der Waals surface area contributed by atoms with E-state index in [0.717, 1.165) is 19.4 Å². The number of carbonyl (C=O) groups is 1. The first kappa shape index (κ1) is 21.9. The highest BCUT2D eigenvalue weighted by atomic mass is 32.2. The number of halogens is 1. The first-order valence-corrected chi connectivity index (χ1v) is 12.2. The fourth-order valence-corrected chi connectivity index (χ4v) is 5.86. The van der Waals surface area contributed by atoms with E-state index in [0.29, 0.717) is 44.8 Å². The number of piperidine rings is 1. The van der Waals surface area contributed by atoms with Crippen molar-refractivity contribution in [2.75, 3.05) is 39.3 Å². The zero-order valence-electron chi connectivity index (χ0n) is 17.5. The molecule has 0 aliphatic carbocycles. The largest absolute Gasteiger partial charge is 0.340 e. The molecule has 1 atom stereocenters. The maximum atomic E-state index is 14.0. The van der Waals surface area contributed by atoms with Gasteiger partial charge in [0.25, 0.3) is 0 Å². The topological polar surface area (TPSA) is 60.9 Å². The fourth-order valence-electron chi connectivity index (χ4n) is 4.42. The van der Waals surface area contributed by atoms with Gasteiger partial charge in [-0.3, -0.25) is 9.69 Å². The first-order chi connectivity index (χ1) is 14.9. The lowest BCUT2D eigenvalue weighted by atomic mass is 9.95. The molecule has 0 radical (unpaired) electrons. The molecule has 0 aromatic heterocycles. The smallest absolute Gasteiger partial charge is 0.243 e. The molecule has 2 fully saturated rings. The van der Waals surface area contributed by atoms with Crippen LogP contribution in [-0.4, -0.2) is 67.7 Å². The first-order valence-electron chi connectivity index (χ1n) is 10.7. The van der Waals surface area contributed by atoms with Gasteiger partial charge < -0.3 is 4.90 Å². The van der Waals surface area contributed by atoms with Crippen molar-refractivity contribution in [2.45, 2.75) is 24.3 Å². The Kier molecular flexibility index (Phi) is 6.69. The second-order valence-electron chi connectivity index (χ2n) is 8.21. The predicted octanol–water partition coefficient (Wildman–Crippen LogP) is 2.57. The molecule has 0 N–H and O–H groups in total. The lowest BCUT2D eigenvalue weighted by Gasteiger charge is -2.38. The van der Waals surface area contributed by atoms with E-state index >= 15 is 0 Å². The number of sulfonamides is 1. The molecule has 0 saturated carbocycles. The van der Waals surface area contributed by atoms with Gasteiger partial charge in [0.2, 0.25) is 15.9 Å². The van der Waals surface area contributed by atoms with Crippen molar-refractivity contribution < 1.29 is 17.6 Å². The Hall–Kier alpha value is -2.29. The van der Waals surface area contributed by atoms with E-state index in [1.807, 2.05) is 6.07 Å². The fraction of sp³-hybridized carbons (Fsp3) is 0.435. The van der Waals surface area contributed by atoms with Crippen LogP contribution in [0.1, 0.15) is 18.4 Å². The van der Waals surface area contributed by atoms with E-state index in [1.165, 1.54) is 10.4 Å². The molecule has 2 aliphatic heterocycles. The van der Waals surface area contributed by atoms with Crippen LogP contribution in [0.15, 0.2) is 59.5 Å². The molecule has 0 bridgehead atoms. The molecule has 8 heteroatoms. The minimum absolute atomic E-state index is 0.0787. The summed E-state index contributed by atoms with van der Waals surface area (Å²) >= 11 is 0. The summed E-state index contributed by atoms with van der Waals surface area (Å²) in [6, 6.07) is 15.2. The van der Waals surface area contributed by atoms with Gasteiger partial charge in [-0.2, -0.15) is 4.31 Å². The molecule has 2 aromatic rings. The van der Waals surface area contributed by atoms with E-state index in [2.05, 4.69) is 4.90 Å². The van der Waals surface area contributed by atoms with Gasteiger partial charge >= 0.3 is 0 Å². The molecular formula is C23H28FN3O3S. The van der Waals surface area contributed by atoms with Crippen molar-refractivity contribution in [3.05, 3.63) is 66.0 Å². The van der Waals surface area contributed by atoms with Crippen molar-refractivity contribution in [3.63, 3.8) is 0 Å². The number of hydrogen-bond donors (Lipinski definition) is 0. The Labute approximate surface area is 183 Å². The van der Waals surface area contributed by atoms with Gasteiger partial charge in [-0.25, -0.2) is 12.8 Å². The lowest BCUT2D eigenvalue weighted by Crippen LogP contribution is -2.53. The third kappa shape index (κ3) is 4.97. The Balaban J connectivity index is 1.33. The molecule has 166 valence electrons. The van der Waals surface area contributed by atoms with Gasteiger partial charge in [-0.05, 0) is 37.6 Å². The highest BCUT2D eigenvalue weighted by Gasteiger charge is 2.34. The quantitative estimate of drug-likeness (QED) is 0.710. The van der Waals surface area contributed by atoms with Crippen LogP contribution in [-0.2, 0) is 21.4 Å². The van der Waals surface area contributed by atoms with Gasteiger partial charge in [0.1, 0.15) is 5.82 Å². The van der Waals surface area contributed by atoms with E-state index in [4.69, 9.17) is 0 Å². The summed E-state index contributed by atoms with van der Waals surface area (Å²) in [6.07, 6.45) is 1.71. The zero-order valence-corrected chi connectivity index (χ0v) is 18.3. The van der Waals surface area contributed by atoms with Gasteiger partial charge in [-0.1, -0.05) is 36.4 Å². The second kappa shape index (κ2) is 9.46. The normalized spacial score (nSPS) is 21.2. The maximum Gasteiger partial charge on any atom is 0.243 e. The minimum atomic E-state index is -3.53. The number of rotatable bonds is 5. The molecule has 0 spiro atoms. The van der Waals surface area contributed by atoms with Crippen LogP contribution in [0.3, 0.4) is 0 Å². The number of likely N-dealkylation sites (tertiary alicyclic amines) is 1. The van der Waals surface area contributed by atoms with Crippen LogP contribution >= 0.6 is 0 Å². The van der Waals surface area contributed by atoms with E-state index < -0.39 is 10.0 Å². The molecule has 2 aliphatic rings. The van der Waals surface area contributed by atoms with Crippen molar-refractivity contribution in [1.29, 1.82) is 0 Å². The highest BCUT2D eigenvalue weighted by molar-refractivity contribution is 7.89. The summed E-state index contributed by atoms with van der Waals surface area (Å²) in [5, 5.41) is 0. The monoisotopic (exact) mass is 445 g/mol. The standard InChI is InChI=1S/C23H28FN3O3S/c24-22-11-5-4-7-19(22)17-25-12-6-8-20(18-25)23(28)26-13-15-27(16-14-26)31(29,30)21-9-2-1-3-10-21/h1-5,7,9-11,20H,6,8,12-18H2. The summed E-state index contributed by atoms with van der Waals surface area (Å²) < 4.78 is 41.0. The molecular weight excluding hydrogens is 417 g/mol. The average Bonchev–Trinajstić information content (AvgIpc) is 2.81. The van der Waals surface area contributed by atoms with Crippen molar-refractivity contribution in [3.8, 4) is 0 Å². The Morgan fingerprint density at radius 3 is 2.32 bits per heavy atom. The molecule has 1 unspecified atom stereocenters. The van der Waals surface area contributed by atoms with Crippen LogP contribution in [0.4, 0.5) is 4.39 Å². The lowest BCUT2D eigenvalue weighted by molar-refractivity contribution is -0.138. The van der Waals surface area contributed by atoms with Crippen LogP contribution in [0.2, 0.25) is 0 Å². The van der Waals surface area contributed by atoms with E-state index in [1.54, 1.807) is 47.4 Å². The molecule has 4 rings (SSSR count). The van der Waals surface area contributed by atoms with E-state index in [-0.39, 0.29) is 22.5 Å². The summed E-state index contributed by atoms with van der Waals surface area (Å²) in [4.78, 5) is 17.3. The van der Waals surface area contributed by atoms with Crippen LogP contribution in [0.25, 0.3) is 0 Å². The Morgan fingerprint density at radius 1 is 0.935 bits per heavy atom. The van der Waals surface area contributed by atoms with Crippen LogP contribution in [0, 0.1) is 11.7 Å². The third-order valence-corrected chi connectivity index (χ3v) is 8.05. The van der Waals surface area contributed by atoms with Gasteiger partial charge in [0.15, 0.2) is 0 Å². The molecule has 2 heterocycles. The number of amides is 1. The summed E-state index contributed by atoms with van der Waals surface area (Å²) in [7, 11) is -3.53. The van der Waals surface area contributed by atoms with Crippen molar-refractivity contribution >= 4 is 15.9 Å². The van der Waals surface area contributed by atoms with Gasteiger partial charge in [-0.15, -0.1) is 0 Å². The number of piperazine rings is 1. The minimum Gasteiger partial charge on any atom is -0.340 e. The predicted molar refractivity (Wildman–Crippen MR) is 116 cm³/mol. The molecule has 2 aromatic carbocycles. The number of hydrogen-bond acceptors (Lipinski definition) is 4. The number of nitrogens with zero attached hydrogens (tertiary/aromatic N) is 3. The Morgan fingerprint density at radius 2 is 1.61 bits per heavy atom. The third-order valence-electron chi connectivity index (χ3n) is 6.14. The highest BCUT2D eigenvalue weighted by Crippen LogP contribution is 2.23. The number of carbonyl (C=O) groups excluding carboxylic acids is 1. The SMILES string of the molecule is O=C(C1CCCN(Cc2ccccc2F)C1)N1CCN(S(=O)(=O)c2ccccc2)CC1. The second-order valence-corrected chi connectivity index (χ2v) is 10.1. The molecule has 6 nitrogen and oxygen atoms in total. The summed E-state index contributed by atoms with van der Waals surface area (Å²) in [5.74, 6) is -0.264. The van der Waals surface area contributed by atoms with Crippen LogP contribution < -0.4 is 0 Å². The molecule has 31 heavy (non-hydrogen) atoms. The van der Waals surface area contributed by atoms with E-state index in [9.17, 15) is 17.6 Å². The number of benzene rings is 2. The van der Waals surface area contributed by atoms with Crippen molar-refractivity contribution in [1.82, 2.24) is 14.1 Å². The molecule has 2 saturated heterocycles.